The third-order valence-electron chi connectivity index (χ3n) is 3.43. The monoisotopic (exact) mass is 232 g/mol. The molecule has 0 heterocycles. The molecular weight excluding hydrogens is 216 g/mol. The highest BCUT2D eigenvalue weighted by Gasteiger charge is 2.13. The summed E-state index contributed by atoms with van der Waals surface area (Å²) in [6, 6.07) is 19.3. The van der Waals surface area contributed by atoms with Gasteiger partial charge in [0.15, 0.2) is 0 Å². The van der Waals surface area contributed by atoms with Gasteiger partial charge in [-0.25, -0.2) is 0 Å². The quantitative estimate of drug-likeness (QED) is 0.687. The van der Waals surface area contributed by atoms with Crippen LogP contribution in [0.15, 0.2) is 78.9 Å². The molecule has 2 aromatic carbocycles. The summed E-state index contributed by atoms with van der Waals surface area (Å²) in [7, 11) is 0. The van der Waals surface area contributed by atoms with Gasteiger partial charge in [-0.15, -0.1) is 0 Å². The fourth-order valence-electron chi connectivity index (χ4n) is 2.51. The van der Waals surface area contributed by atoms with Crippen LogP contribution in [-0.2, 0) is 0 Å². The van der Waals surface area contributed by atoms with Gasteiger partial charge in [-0.1, -0.05) is 78.9 Å². The fraction of sp³-hybridized carbons (Fsp3) is 0.111. The molecule has 0 radical (unpaired) electrons. The van der Waals surface area contributed by atoms with Crippen molar-refractivity contribution in [1.29, 1.82) is 0 Å². The Kier molecular flexibility index (Phi) is 3.10. The van der Waals surface area contributed by atoms with Gasteiger partial charge in [0.05, 0.1) is 0 Å². The maximum Gasteiger partial charge on any atom is 0.00618 e. The lowest BCUT2D eigenvalue weighted by Gasteiger charge is -2.18. The molecule has 1 aliphatic carbocycles. The molecule has 0 saturated carbocycles. The maximum absolute atomic E-state index is 2.29. The van der Waals surface area contributed by atoms with Crippen LogP contribution in [-0.4, -0.2) is 0 Å². The second-order valence-corrected chi connectivity index (χ2v) is 4.61. The largest absolute Gasteiger partial charge is 0.0836 e. The molecule has 0 nitrogen and oxygen atoms in total. The molecule has 1 aliphatic rings. The smallest absolute Gasteiger partial charge is 0.00618 e. The minimum Gasteiger partial charge on any atom is -0.0836 e. The van der Waals surface area contributed by atoms with Crippen molar-refractivity contribution in [3.63, 3.8) is 0 Å². The zero-order valence-corrected chi connectivity index (χ0v) is 10.3. The average molecular weight is 232 g/mol. The van der Waals surface area contributed by atoms with E-state index in [1.54, 1.807) is 0 Å². The normalized spacial score (nSPS) is 17.9. The second-order valence-electron chi connectivity index (χ2n) is 4.61. The molecule has 3 rings (SSSR count). The highest BCUT2D eigenvalue weighted by Crippen LogP contribution is 2.33. The third kappa shape index (κ3) is 2.14. The van der Waals surface area contributed by atoms with Gasteiger partial charge in [0, 0.05) is 5.92 Å². The highest BCUT2D eigenvalue weighted by molar-refractivity contribution is 5.68. The van der Waals surface area contributed by atoms with Crippen molar-refractivity contribution in [2.45, 2.75) is 12.3 Å². The summed E-state index contributed by atoms with van der Waals surface area (Å²) in [5.74, 6) is 0.506. The van der Waals surface area contributed by atoms with Crippen LogP contribution >= 0.6 is 0 Å². The molecule has 1 atom stereocenters. The van der Waals surface area contributed by atoms with E-state index in [4.69, 9.17) is 0 Å². The standard InChI is InChI=1S/C18H16/c1-3-9-15(10-4-1)17-13-7-8-14-18(17)16-11-5-2-6-12-16/h1-11,13-14,16H,12H2. The molecule has 0 fully saturated rings. The first-order valence-electron chi connectivity index (χ1n) is 6.43. The SMILES string of the molecule is C1=CCC(c2ccccc2-c2ccccc2)C=C1. The number of hydrogen-bond acceptors (Lipinski definition) is 0. The van der Waals surface area contributed by atoms with E-state index in [0.29, 0.717) is 5.92 Å². The lowest BCUT2D eigenvalue weighted by atomic mass is 9.87. The topological polar surface area (TPSA) is 0 Å². The van der Waals surface area contributed by atoms with Crippen LogP contribution in [0.5, 0.6) is 0 Å². The summed E-state index contributed by atoms with van der Waals surface area (Å²) in [6.07, 6.45) is 9.91. The van der Waals surface area contributed by atoms with E-state index in [1.165, 1.54) is 16.7 Å². The van der Waals surface area contributed by atoms with Crippen LogP contribution < -0.4 is 0 Å². The molecule has 0 N–H and O–H groups in total. The fourth-order valence-corrected chi connectivity index (χ4v) is 2.51. The molecule has 88 valence electrons. The molecule has 1 unspecified atom stereocenters. The van der Waals surface area contributed by atoms with E-state index in [2.05, 4.69) is 78.9 Å². The number of hydrogen-bond donors (Lipinski definition) is 0. The summed E-state index contributed by atoms with van der Waals surface area (Å²) in [5, 5.41) is 0. The number of benzene rings is 2. The summed E-state index contributed by atoms with van der Waals surface area (Å²) in [6.45, 7) is 0. The minimum atomic E-state index is 0.506. The Hall–Kier alpha value is -2.08. The van der Waals surface area contributed by atoms with Gasteiger partial charge in [0.25, 0.3) is 0 Å². The van der Waals surface area contributed by atoms with Crippen LogP contribution in [0.1, 0.15) is 17.9 Å². The van der Waals surface area contributed by atoms with Crippen molar-refractivity contribution in [2.75, 3.05) is 0 Å². The van der Waals surface area contributed by atoms with E-state index in [0.717, 1.165) is 6.42 Å². The summed E-state index contributed by atoms with van der Waals surface area (Å²) < 4.78 is 0. The predicted molar refractivity (Wildman–Crippen MR) is 77.5 cm³/mol. The summed E-state index contributed by atoms with van der Waals surface area (Å²) in [4.78, 5) is 0. The molecule has 0 aliphatic heterocycles. The van der Waals surface area contributed by atoms with E-state index >= 15 is 0 Å². The van der Waals surface area contributed by atoms with Crippen LogP contribution in [0.25, 0.3) is 11.1 Å². The van der Waals surface area contributed by atoms with Crippen molar-refractivity contribution in [1.82, 2.24) is 0 Å². The second kappa shape index (κ2) is 5.05. The van der Waals surface area contributed by atoms with Gasteiger partial charge in [-0.3, -0.25) is 0 Å². The summed E-state index contributed by atoms with van der Waals surface area (Å²) in [5.41, 5.74) is 4.07. The van der Waals surface area contributed by atoms with E-state index in [-0.39, 0.29) is 0 Å². The minimum absolute atomic E-state index is 0.506. The van der Waals surface area contributed by atoms with Crippen LogP contribution in [0.2, 0.25) is 0 Å². The van der Waals surface area contributed by atoms with E-state index < -0.39 is 0 Å². The Morgan fingerprint density at radius 3 is 2.33 bits per heavy atom. The van der Waals surface area contributed by atoms with Gasteiger partial charge >= 0.3 is 0 Å². The average Bonchev–Trinajstić information content (AvgIpc) is 2.49. The molecule has 0 heteroatoms. The maximum atomic E-state index is 2.29. The van der Waals surface area contributed by atoms with Gasteiger partial charge in [0.2, 0.25) is 0 Å². The van der Waals surface area contributed by atoms with Crippen molar-refractivity contribution >= 4 is 0 Å². The molecule has 2 aromatic rings. The van der Waals surface area contributed by atoms with Crippen molar-refractivity contribution in [3.05, 3.63) is 84.5 Å². The summed E-state index contributed by atoms with van der Waals surface area (Å²) >= 11 is 0. The van der Waals surface area contributed by atoms with E-state index in [1.807, 2.05) is 0 Å². The Bertz CT molecular complexity index is 576. The molecule has 0 bridgehead atoms. The highest BCUT2D eigenvalue weighted by atomic mass is 14.2. The van der Waals surface area contributed by atoms with E-state index in [9.17, 15) is 0 Å². The van der Waals surface area contributed by atoms with Crippen molar-refractivity contribution in [2.24, 2.45) is 0 Å². The first kappa shape index (κ1) is 11.0. The molecular formula is C18H16. The first-order chi connectivity index (χ1) is 8.95. The van der Waals surface area contributed by atoms with Crippen LogP contribution in [0.4, 0.5) is 0 Å². The molecule has 0 aromatic heterocycles. The number of rotatable bonds is 2. The Labute approximate surface area is 108 Å². The Balaban J connectivity index is 2.05. The Morgan fingerprint density at radius 2 is 1.56 bits per heavy atom. The first-order valence-corrected chi connectivity index (χ1v) is 6.43. The number of allylic oxidation sites excluding steroid dienone is 4. The van der Waals surface area contributed by atoms with Crippen LogP contribution in [0, 0.1) is 0 Å². The van der Waals surface area contributed by atoms with Crippen LogP contribution in [0.3, 0.4) is 0 Å². The van der Waals surface area contributed by atoms with Crippen molar-refractivity contribution in [3.8, 4) is 11.1 Å². The molecule has 0 amide bonds. The molecule has 0 saturated heterocycles. The predicted octanol–water partition coefficient (Wildman–Crippen LogP) is 4.95. The Morgan fingerprint density at radius 1 is 0.778 bits per heavy atom. The van der Waals surface area contributed by atoms with Gasteiger partial charge in [-0.2, -0.15) is 0 Å². The third-order valence-corrected chi connectivity index (χ3v) is 3.43. The van der Waals surface area contributed by atoms with Gasteiger partial charge < -0.3 is 0 Å². The zero-order chi connectivity index (χ0) is 12.2. The lowest BCUT2D eigenvalue weighted by Crippen LogP contribution is -1.98. The molecule has 18 heavy (non-hydrogen) atoms. The van der Waals surface area contributed by atoms with Crippen molar-refractivity contribution < 1.29 is 0 Å². The lowest BCUT2D eigenvalue weighted by molar-refractivity contribution is 0.856. The molecule has 0 spiro atoms. The van der Waals surface area contributed by atoms with Gasteiger partial charge in [-0.05, 0) is 23.1 Å². The van der Waals surface area contributed by atoms with Gasteiger partial charge in [0.1, 0.15) is 0 Å². The zero-order valence-electron chi connectivity index (χ0n) is 10.3.